The molecule has 2 saturated heterocycles. The highest BCUT2D eigenvalue weighted by Crippen LogP contribution is 2.29. The van der Waals surface area contributed by atoms with E-state index in [0.29, 0.717) is 0 Å². The highest BCUT2D eigenvalue weighted by Gasteiger charge is 2.38. The lowest BCUT2D eigenvalue weighted by Gasteiger charge is -2.42. The van der Waals surface area contributed by atoms with Crippen molar-refractivity contribution in [2.24, 2.45) is 0 Å². The van der Waals surface area contributed by atoms with Crippen LogP contribution in [0.25, 0.3) is 0 Å². The van der Waals surface area contributed by atoms with Gasteiger partial charge in [0.2, 0.25) is 12.6 Å². The predicted molar refractivity (Wildman–Crippen MR) is 68.2 cm³/mol. The van der Waals surface area contributed by atoms with Crippen molar-refractivity contribution in [2.75, 3.05) is 0 Å². The lowest BCUT2D eigenvalue weighted by atomic mass is 10.1. The molecular weight excluding hydrogens is 232 g/mol. The largest absolute Gasteiger partial charge is 0.345 e. The van der Waals surface area contributed by atoms with Crippen LogP contribution in [0, 0.1) is 0 Å². The van der Waals surface area contributed by atoms with Crippen LogP contribution in [-0.4, -0.2) is 37.0 Å². The van der Waals surface area contributed by atoms with Gasteiger partial charge < -0.3 is 18.9 Å². The van der Waals surface area contributed by atoms with Gasteiger partial charge in [-0.3, -0.25) is 0 Å². The van der Waals surface area contributed by atoms with Crippen LogP contribution >= 0.6 is 0 Å². The molecule has 18 heavy (non-hydrogen) atoms. The van der Waals surface area contributed by atoms with Gasteiger partial charge in [0.1, 0.15) is 0 Å². The van der Waals surface area contributed by atoms with Crippen LogP contribution in [-0.2, 0) is 18.9 Å². The summed E-state index contributed by atoms with van der Waals surface area (Å²) in [6.07, 6.45) is 4.07. The third-order valence-electron chi connectivity index (χ3n) is 3.71. The van der Waals surface area contributed by atoms with Gasteiger partial charge in [-0.05, 0) is 39.5 Å². The smallest absolute Gasteiger partial charge is 0.209 e. The maximum Gasteiger partial charge on any atom is 0.209 e. The fraction of sp³-hybridized carbons (Fsp3) is 1.00. The zero-order valence-electron chi connectivity index (χ0n) is 11.9. The second-order valence-corrected chi connectivity index (χ2v) is 5.43. The molecule has 0 amide bonds. The first-order chi connectivity index (χ1) is 8.62. The van der Waals surface area contributed by atoms with Crippen molar-refractivity contribution >= 4 is 0 Å². The summed E-state index contributed by atoms with van der Waals surface area (Å²) in [7, 11) is 0. The van der Waals surface area contributed by atoms with Crippen LogP contribution in [0.15, 0.2) is 0 Å². The third kappa shape index (κ3) is 3.44. The summed E-state index contributed by atoms with van der Waals surface area (Å²) in [6.45, 7) is 8.45. The summed E-state index contributed by atoms with van der Waals surface area (Å²) >= 11 is 0. The fourth-order valence-corrected chi connectivity index (χ4v) is 2.65. The van der Waals surface area contributed by atoms with Gasteiger partial charge in [0.15, 0.2) is 0 Å². The first kappa shape index (κ1) is 14.3. The Morgan fingerprint density at radius 2 is 1.11 bits per heavy atom. The van der Waals surface area contributed by atoms with Crippen LogP contribution in [0.3, 0.4) is 0 Å². The molecule has 2 rings (SSSR count). The number of hydrogen-bond acceptors (Lipinski definition) is 4. The van der Waals surface area contributed by atoms with E-state index in [1.807, 2.05) is 0 Å². The molecule has 106 valence electrons. The minimum Gasteiger partial charge on any atom is -0.345 e. The minimum absolute atomic E-state index is 0.207. The quantitative estimate of drug-likeness (QED) is 0.780. The highest BCUT2D eigenvalue weighted by atomic mass is 16.8. The Morgan fingerprint density at radius 3 is 1.44 bits per heavy atom. The van der Waals surface area contributed by atoms with Crippen LogP contribution in [0.1, 0.15) is 53.4 Å². The zero-order valence-corrected chi connectivity index (χ0v) is 11.9. The molecule has 0 bridgehead atoms. The van der Waals surface area contributed by atoms with E-state index in [4.69, 9.17) is 18.9 Å². The Labute approximate surface area is 110 Å². The molecule has 0 N–H and O–H groups in total. The zero-order chi connectivity index (χ0) is 13.1. The van der Waals surface area contributed by atoms with Crippen molar-refractivity contribution in [2.45, 2.75) is 90.4 Å². The standard InChI is InChI=1S/C14H26O4/c1-5-11-7-9(3)15-13(17-11)14-16-10(4)8-12(6-2)18-14/h9-14H,5-8H2,1-4H3. The van der Waals surface area contributed by atoms with Crippen molar-refractivity contribution in [3.63, 3.8) is 0 Å². The monoisotopic (exact) mass is 258 g/mol. The molecule has 2 heterocycles. The van der Waals surface area contributed by atoms with Crippen molar-refractivity contribution in [3.8, 4) is 0 Å². The maximum absolute atomic E-state index is 5.91. The molecule has 6 atom stereocenters. The Bertz CT molecular complexity index is 232. The number of rotatable bonds is 3. The van der Waals surface area contributed by atoms with Crippen LogP contribution in [0.2, 0.25) is 0 Å². The summed E-state index contributed by atoms with van der Waals surface area (Å²) < 4.78 is 23.5. The van der Waals surface area contributed by atoms with E-state index in [0.717, 1.165) is 25.7 Å². The topological polar surface area (TPSA) is 36.9 Å². The van der Waals surface area contributed by atoms with E-state index >= 15 is 0 Å². The van der Waals surface area contributed by atoms with Gasteiger partial charge in [-0.1, -0.05) is 13.8 Å². The van der Waals surface area contributed by atoms with Crippen molar-refractivity contribution in [1.29, 1.82) is 0 Å². The summed E-state index contributed by atoms with van der Waals surface area (Å²) in [5, 5.41) is 0. The normalized spacial score (nSPS) is 46.0. The van der Waals surface area contributed by atoms with Gasteiger partial charge in [-0.25, -0.2) is 0 Å². The van der Waals surface area contributed by atoms with E-state index in [2.05, 4.69) is 27.7 Å². The molecule has 0 aliphatic carbocycles. The van der Waals surface area contributed by atoms with E-state index in [-0.39, 0.29) is 37.0 Å². The molecule has 2 aliphatic heterocycles. The molecule has 0 saturated carbocycles. The van der Waals surface area contributed by atoms with Crippen molar-refractivity contribution in [1.82, 2.24) is 0 Å². The Kier molecular flexibility index (Phi) is 5.01. The van der Waals surface area contributed by atoms with Crippen LogP contribution in [0.5, 0.6) is 0 Å². The van der Waals surface area contributed by atoms with Crippen molar-refractivity contribution < 1.29 is 18.9 Å². The lowest BCUT2D eigenvalue weighted by molar-refractivity contribution is -0.363. The Balaban J connectivity index is 1.96. The predicted octanol–water partition coefficient (Wildman–Crippen LogP) is 2.85. The van der Waals surface area contributed by atoms with Gasteiger partial charge in [0.25, 0.3) is 0 Å². The van der Waals surface area contributed by atoms with Gasteiger partial charge in [-0.2, -0.15) is 0 Å². The molecule has 6 unspecified atom stereocenters. The summed E-state index contributed by atoms with van der Waals surface area (Å²) in [5.74, 6) is 0. The first-order valence-corrected chi connectivity index (χ1v) is 7.24. The van der Waals surface area contributed by atoms with Crippen LogP contribution in [0.4, 0.5) is 0 Å². The lowest BCUT2D eigenvalue weighted by Crippen LogP contribution is -2.50. The number of ether oxygens (including phenoxy) is 4. The SMILES string of the molecule is CCC1CC(C)OC(C2OC(C)CC(CC)O2)O1. The van der Waals surface area contributed by atoms with E-state index in [1.165, 1.54) is 0 Å². The second kappa shape index (κ2) is 6.33. The molecule has 0 radical (unpaired) electrons. The van der Waals surface area contributed by atoms with Gasteiger partial charge in [0.05, 0.1) is 24.4 Å². The van der Waals surface area contributed by atoms with Crippen LogP contribution < -0.4 is 0 Å². The Hall–Kier alpha value is -0.160. The molecule has 4 heteroatoms. The minimum atomic E-state index is -0.379. The van der Waals surface area contributed by atoms with E-state index in [9.17, 15) is 0 Å². The molecule has 2 aliphatic rings. The first-order valence-electron chi connectivity index (χ1n) is 7.24. The van der Waals surface area contributed by atoms with Gasteiger partial charge in [-0.15, -0.1) is 0 Å². The average Bonchev–Trinajstić information content (AvgIpc) is 2.37. The molecule has 2 fully saturated rings. The molecule has 0 aromatic heterocycles. The van der Waals surface area contributed by atoms with Gasteiger partial charge in [0, 0.05) is 0 Å². The molecule has 4 nitrogen and oxygen atoms in total. The van der Waals surface area contributed by atoms with E-state index < -0.39 is 0 Å². The summed E-state index contributed by atoms with van der Waals surface area (Å²) in [6, 6.07) is 0. The molecule has 0 spiro atoms. The van der Waals surface area contributed by atoms with Crippen molar-refractivity contribution in [3.05, 3.63) is 0 Å². The van der Waals surface area contributed by atoms with Gasteiger partial charge >= 0.3 is 0 Å². The number of hydrogen-bond donors (Lipinski definition) is 0. The average molecular weight is 258 g/mol. The maximum atomic E-state index is 5.91. The fourth-order valence-electron chi connectivity index (χ4n) is 2.65. The molecule has 0 aromatic rings. The molecular formula is C14H26O4. The summed E-state index contributed by atoms with van der Waals surface area (Å²) in [5.41, 5.74) is 0. The Morgan fingerprint density at radius 1 is 0.722 bits per heavy atom. The summed E-state index contributed by atoms with van der Waals surface area (Å²) in [4.78, 5) is 0. The molecule has 0 aromatic carbocycles. The van der Waals surface area contributed by atoms with E-state index in [1.54, 1.807) is 0 Å². The second-order valence-electron chi connectivity index (χ2n) is 5.43. The third-order valence-corrected chi connectivity index (χ3v) is 3.71. The highest BCUT2D eigenvalue weighted by molar-refractivity contribution is 4.75.